The molecule has 0 aliphatic carbocycles. The molecule has 0 aromatic rings. The summed E-state index contributed by atoms with van der Waals surface area (Å²) in [4.78, 5) is 10.5. The number of aliphatic carboxylic acids is 1. The fourth-order valence-electron chi connectivity index (χ4n) is 0.950. The van der Waals surface area contributed by atoms with Crippen LogP contribution in [0.1, 0.15) is 20.8 Å². The second-order valence-corrected chi connectivity index (χ2v) is 3.21. The van der Waals surface area contributed by atoms with Gasteiger partial charge in [0.2, 0.25) is 0 Å². The molecule has 4 heteroatoms. The summed E-state index contributed by atoms with van der Waals surface area (Å²) in [5, 5.41) is 11.7. The quantitative estimate of drug-likeness (QED) is 0.690. The molecule has 2 N–H and O–H groups in total. The molecule has 0 saturated carbocycles. The first-order valence-corrected chi connectivity index (χ1v) is 4.08. The van der Waals surface area contributed by atoms with Crippen molar-refractivity contribution in [3.8, 4) is 0 Å². The van der Waals surface area contributed by atoms with Crippen molar-refractivity contribution in [2.45, 2.75) is 26.8 Å². The number of halogens is 1. The molecule has 0 spiro atoms. The van der Waals surface area contributed by atoms with E-state index in [0.29, 0.717) is 11.5 Å². The van der Waals surface area contributed by atoms with Crippen LogP contribution in [0.2, 0.25) is 0 Å². The predicted octanol–water partition coefficient (Wildman–Crippen LogP) is 1.68. The molecule has 0 saturated heterocycles. The van der Waals surface area contributed by atoms with Crippen molar-refractivity contribution >= 4 is 18.4 Å². The fourth-order valence-corrected chi connectivity index (χ4v) is 0.950. The Hall–Kier alpha value is -0.540. The third-order valence-corrected chi connectivity index (χ3v) is 1.82. The van der Waals surface area contributed by atoms with E-state index in [2.05, 4.69) is 5.32 Å². The third-order valence-electron chi connectivity index (χ3n) is 1.82. The maximum atomic E-state index is 10.5. The van der Waals surface area contributed by atoms with Crippen LogP contribution in [0.15, 0.2) is 11.6 Å². The number of hydrogen-bond donors (Lipinski definition) is 2. The van der Waals surface area contributed by atoms with Gasteiger partial charge in [0, 0.05) is 11.6 Å². The molecule has 0 aliphatic heterocycles. The molecule has 0 heterocycles. The lowest BCUT2D eigenvalue weighted by molar-refractivity contribution is -0.132. The Bertz CT molecular complexity index is 190. The van der Waals surface area contributed by atoms with Crippen LogP contribution < -0.4 is 5.32 Å². The molecule has 0 aromatic heterocycles. The van der Waals surface area contributed by atoms with Gasteiger partial charge in [-0.3, -0.25) is 0 Å². The largest absolute Gasteiger partial charge is 0.478 e. The molecule has 0 radical (unpaired) electrons. The van der Waals surface area contributed by atoms with Crippen LogP contribution in [0, 0.1) is 5.92 Å². The zero-order valence-electron chi connectivity index (χ0n) is 8.50. The van der Waals surface area contributed by atoms with Crippen molar-refractivity contribution in [2.75, 3.05) is 7.05 Å². The second-order valence-electron chi connectivity index (χ2n) is 3.21. The van der Waals surface area contributed by atoms with Crippen molar-refractivity contribution in [1.29, 1.82) is 0 Å². The summed E-state index contributed by atoms with van der Waals surface area (Å²) in [6.07, 6.45) is 1.74. The van der Waals surface area contributed by atoms with Gasteiger partial charge >= 0.3 is 5.97 Å². The van der Waals surface area contributed by atoms with E-state index in [0.717, 1.165) is 0 Å². The van der Waals surface area contributed by atoms with Gasteiger partial charge in [-0.15, -0.1) is 12.4 Å². The molecule has 0 aliphatic rings. The van der Waals surface area contributed by atoms with E-state index in [-0.39, 0.29) is 18.4 Å². The number of hydrogen-bond acceptors (Lipinski definition) is 2. The summed E-state index contributed by atoms with van der Waals surface area (Å²) >= 11 is 0. The van der Waals surface area contributed by atoms with Crippen LogP contribution in [0.5, 0.6) is 0 Å². The number of carboxylic acid groups (broad SMARTS) is 1. The van der Waals surface area contributed by atoms with Gasteiger partial charge in [-0.25, -0.2) is 4.79 Å². The number of carbonyl (C=O) groups is 1. The third kappa shape index (κ3) is 5.66. The zero-order chi connectivity index (χ0) is 9.72. The summed E-state index contributed by atoms with van der Waals surface area (Å²) < 4.78 is 0. The standard InChI is InChI=1S/C9H17NO2.ClH/c1-6(2)8(10-4)5-7(3)9(11)12;/h5-6,8,10H,1-4H3,(H,11,12);1H/t8-;/m1./s1. The van der Waals surface area contributed by atoms with Crippen molar-refractivity contribution < 1.29 is 9.90 Å². The number of carboxylic acids is 1. The number of likely N-dealkylation sites (N-methyl/N-ethyl adjacent to an activating group) is 1. The first-order chi connectivity index (χ1) is 5.49. The Morgan fingerprint density at radius 2 is 1.92 bits per heavy atom. The molecule has 0 amide bonds. The Balaban J connectivity index is 0. The molecule has 13 heavy (non-hydrogen) atoms. The summed E-state index contributed by atoms with van der Waals surface area (Å²) in [6.45, 7) is 5.70. The summed E-state index contributed by atoms with van der Waals surface area (Å²) in [7, 11) is 1.83. The lowest BCUT2D eigenvalue weighted by Gasteiger charge is -2.16. The van der Waals surface area contributed by atoms with Gasteiger partial charge in [0.25, 0.3) is 0 Å². The van der Waals surface area contributed by atoms with Gasteiger partial charge in [-0.1, -0.05) is 19.9 Å². The highest BCUT2D eigenvalue weighted by Gasteiger charge is 2.09. The van der Waals surface area contributed by atoms with Crippen LogP contribution in [0.25, 0.3) is 0 Å². The molecule has 0 bridgehead atoms. The Labute approximate surface area is 85.6 Å². The van der Waals surface area contributed by atoms with Crippen LogP contribution in [0.4, 0.5) is 0 Å². The van der Waals surface area contributed by atoms with Gasteiger partial charge in [0.05, 0.1) is 0 Å². The molecule has 0 fully saturated rings. The SMILES string of the molecule is CN[C@H](C=C(C)C(=O)O)C(C)C.Cl. The topological polar surface area (TPSA) is 49.3 Å². The van der Waals surface area contributed by atoms with Crippen LogP contribution in [-0.2, 0) is 4.79 Å². The molecule has 3 nitrogen and oxygen atoms in total. The molecule has 0 aromatic carbocycles. The lowest BCUT2D eigenvalue weighted by Crippen LogP contribution is -2.29. The lowest BCUT2D eigenvalue weighted by atomic mass is 10.0. The number of rotatable bonds is 4. The minimum Gasteiger partial charge on any atom is -0.478 e. The first-order valence-electron chi connectivity index (χ1n) is 4.08. The van der Waals surface area contributed by atoms with E-state index in [1.54, 1.807) is 13.0 Å². The number of nitrogens with one attached hydrogen (secondary N) is 1. The molecule has 0 unspecified atom stereocenters. The minimum absolute atomic E-state index is 0. The van der Waals surface area contributed by atoms with E-state index in [1.165, 1.54) is 0 Å². The molecule has 1 atom stereocenters. The normalized spacial score (nSPS) is 13.8. The zero-order valence-corrected chi connectivity index (χ0v) is 9.31. The van der Waals surface area contributed by atoms with Crippen LogP contribution >= 0.6 is 12.4 Å². The summed E-state index contributed by atoms with van der Waals surface area (Å²) in [6, 6.07) is 0.140. The predicted molar refractivity (Wildman–Crippen MR) is 56.3 cm³/mol. The second kappa shape index (κ2) is 6.92. The van der Waals surface area contributed by atoms with Crippen molar-refractivity contribution in [3.63, 3.8) is 0 Å². The molecular formula is C9H18ClNO2. The maximum absolute atomic E-state index is 10.5. The van der Waals surface area contributed by atoms with Crippen molar-refractivity contribution in [1.82, 2.24) is 5.32 Å². The first kappa shape index (κ1) is 15.0. The average molecular weight is 208 g/mol. The highest BCUT2D eigenvalue weighted by Crippen LogP contribution is 2.05. The smallest absolute Gasteiger partial charge is 0.331 e. The molecular weight excluding hydrogens is 190 g/mol. The Kier molecular flexibility index (Phi) is 7.96. The van der Waals surface area contributed by atoms with E-state index >= 15 is 0 Å². The van der Waals surface area contributed by atoms with E-state index in [1.807, 2.05) is 20.9 Å². The highest BCUT2D eigenvalue weighted by molar-refractivity contribution is 5.86. The summed E-state index contributed by atoms with van der Waals surface area (Å²) in [5.41, 5.74) is 0.392. The monoisotopic (exact) mass is 207 g/mol. The van der Waals surface area contributed by atoms with Crippen LogP contribution in [0.3, 0.4) is 0 Å². The minimum atomic E-state index is -0.851. The van der Waals surface area contributed by atoms with E-state index < -0.39 is 5.97 Å². The van der Waals surface area contributed by atoms with Gasteiger partial charge in [-0.2, -0.15) is 0 Å². The van der Waals surface area contributed by atoms with Crippen molar-refractivity contribution in [2.24, 2.45) is 5.92 Å². The van der Waals surface area contributed by atoms with E-state index in [9.17, 15) is 4.79 Å². The Morgan fingerprint density at radius 3 is 2.15 bits per heavy atom. The van der Waals surface area contributed by atoms with E-state index in [4.69, 9.17) is 5.11 Å². The molecule has 78 valence electrons. The fraction of sp³-hybridized carbons (Fsp3) is 0.667. The molecule has 0 rings (SSSR count). The Morgan fingerprint density at radius 1 is 1.46 bits per heavy atom. The average Bonchev–Trinajstić information content (AvgIpc) is 1.98. The van der Waals surface area contributed by atoms with Crippen molar-refractivity contribution in [3.05, 3.63) is 11.6 Å². The maximum Gasteiger partial charge on any atom is 0.331 e. The van der Waals surface area contributed by atoms with Gasteiger partial charge in [0.1, 0.15) is 0 Å². The van der Waals surface area contributed by atoms with Gasteiger partial charge < -0.3 is 10.4 Å². The highest BCUT2D eigenvalue weighted by atomic mass is 35.5. The van der Waals surface area contributed by atoms with Gasteiger partial charge in [0.15, 0.2) is 0 Å². The van der Waals surface area contributed by atoms with Gasteiger partial charge in [-0.05, 0) is 19.9 Å². The summed E-state index contributed by atoms with van der Waals surface area (Å²) in [5.74, 6) is -0.444. The van der Waals surface area contributed by atoms with Crippen LogP contribution in [-0.4, -0.2) is 24.2 Å².